The third-order valence-corrected chi connectivity index (χ3v) is 4.05. The summed E-state index contributed by atoms with van der Waals surface area (Å²) in [5, 5.41) is 2.36. The Morgan fingerprint density at radius 2 is 1.65 bits per heavy atom. The molecular formula is C22H20O. The van der Waals surface area contributed by atoms with Gasteiger partial charge >= 0.3 is 0 Å². The summed E-state index contributed by atoms with van der Waals surface area (Å²) in [4.78, 5) is 0. The minimum Gasteiger partial charge on any atom is -0.497 e. The number of benzene rings is 3. The summed E-state index contributed by atoms with van der Waals surface area (Å²) in [5.74, 6) is 7.91. The van der Waals surface area contributed by atoms with Gasteiger partial charge < -0.3 is 4.74 Å². The first-order valence-electron chi connectivity index (χ1n) is 7.94. The lowest BCUT2D eigenvalue weighted by Crippen LogP contribution is -1.93. The first kappa shape index (κ1) is 15.2. The normalized spacial score (nSPS) is 11.6. The van der Waals surface area contributed by atoms with Gasteiger partial charge in [-0.1, -0.05) is 61.2 Å². The van der Waals surface area contributed by atoms with Crippen molar-refractivity contribution in [2.24, 2.45) is 0 Å². The molecule has 0 radical (unpaired) electrons. The first-order valence-corrected chi connectivity index (χ1v) is 7.94. The van der Waals surface area contributed by atoms with Crippen LogP contribution in [0.2, 0.25) is 0 Å². The molecule has 1 atom stereocenters. The fraction of sp³-hybridized carbons (Fsp3) is 0.182. The Kier molecular flexibility index (Phi) is 4.64. The lowest BCUT2D eigenvalue weighted by molar-refractivity contribution is 0.415. The molecule has 0 unspecified atom stereocenters. The van der Waals surface area contributed by atoms with Crippen molar-refractivity contribution in [1.82, 2.24) is 0 Å². The van der Waals surface area contributed by atoms with Gasteiger partial charge in [0, 0.05) is 11.5 Å². The van der Waals surface area contributed by atoms with Crippen LogP contribution in [-0.2, 0) is 0 Å². The molecule has 0 aliphatic carbocycles. The molecule has 3 aromatic carbocycles. The van der Waals surface area contributed by atoms with E-state index in [2.05, 4.69) is 67.3 Å². The Hall–Kier alpha value is -2.72. The molecule has 0 aliphatic heterocycles. The fourth-order valence-corrected chi connectivity index (χ4v) is 2.71. The highest BCUT2D eigenvalue weighted by atomic mass is 16.5. The molecule has 0 saturated carbocycles. The van der Waals surface area contributed by atoms with Crippen LogP contribution in [0.3, 0.4) is 0 Å². The molecule has 0 spiro atoms. The molecule has 0 aliphatic rings. The van der Waals surface area contributed by atoms with Gasteiger partial charge in [0.1, 0.15) is 5.75 Å². The van der Waals surface area contributed by atoms with Gasteiger partial charge in [0.25, 0.3) is 0 Å². The van der Waals surface area contributed by atoms with Crippen LogP contribution in [0.5, 0.6) is 5.75 Å². The summed E-state index contributed by atoms with van der Waals surface area (Å²) in [6.07, 6.45) is 1.02. The fourth-order valence-electron chi connectivity index (χ4n) is 2.71. The summed E-state index contributed by atoms with van der Waals surface area (Å²) in [7, 11) is 1.69. The van der Waals surface area contributed by atoms with Crippen molar-refractivity contribution in [3.8, 4) is 17.6 Å². The average Bonchev–Trinajstić information content (AvgIpc) is 2.62. The van der Waals surface area contributed by atoms with Crippen LogP contribution < -0.4 is 4.74 Å². The molecule has 114 valence electrons. The van der Waals surface area contributed by atoms with Gasteiger partial charge in [-0.2, -0.15) is 0 Å². The van der Waals surface area contributed by atoms with Gasteiger partial charge in [-0.05, 0) is 47.0 Å². The van der Waals surface area contributed by atoms with Crippen LogP contribution in [0.4, 0.5) is 0 Å². The van der Waals surface area contributed by atoms with E-state index in [0.717, 1.165) is 17.7 Å². The number of fused-ring (bicyclic) bond motifs is 1. The summed E-state index contributed by atoms with van der Waals surface area (Å²) < 4.78 is 5.27. The van der Waals surface area contributed by atoms with Crippen LogP contribution in [-0.4, -0.2) is 7.11 Å². The van der Waals surface area contributed by atoms with E-state index in [4.69, 9.17) is 4.74 Å². The van der Waals surface area contributed by atoms with Gasteiger partial charge in [-0.3, -0.25) is 0 Å². The van der Waals surface area contributed by atoms with Gasteiger partial charge in [-0.15, -0.1) is 0 Å². The summed E-state index contributed by atoms with van der Waals surface area (Å²) in [5.41, 5.74) is 2.34. The Morgan fingerprint density at radius 3 is 2.39 bits per heavy atom. The van der Waals surface area contributed by atoms with Crippen LogP contribution in [0.25, 0.3) is 10.8 Å². The lowest BCUT2D eigenvalue weighted by atomic mass is 9.96. The van der Waals surface area contributed by atoms with E-state index in [1.165, 1.54) is 16.3 Å². The third kappa shape index (κ3) is 3.55. The molecule has 3 rings (SSSR count). The summed E-state index contributed by atoms with van der Waals surface area (Å²) >= 11 is 0. The highest BCUT2D eigenvalue weighted by Crippen LogP contribution is 2.22. The van der Waals surface area contributed by atoms with E-state index in [9.17, 15) is 0 Å². The van der Waals surface area contributed by atoms with Crippen molar-refractivity contribution in [3.05, 3.63) is 77.9 Å². The predicted octanol–water partition coefficient (Wildman–Crippen LogP) is 5.39. The predicted molar refractivity (Wildman–Crippen MR) is 96.9 cm³/mol. The highest BCUT2D eigenvalue weighted by molar-refractivity contribution is 5.85. The van der Waals surface area contributed by atoms with E-state index in [1.54, 1.807) is 7.11 Å². The number of hydrogen-bond acceptors (Lipinski definition) is 1. The second-order valence-electron chi connectivity index (χ2n) is 5.57. The average molecular weight is 300 g/mol. The standard InChI is InChI=1S/C22H20O/c1-3-18(19-7-5-4-6-8-19)11-9-17-10-12-21-16-22(23-2)14-13-20(21)15-17/h4-8,10,12-16,18H,3H2,1-2H3/t18-/m0/s1. The number of rotatable bonds is 3. The molecule has 1 nitrogen and oxygen atoms in total. The zero-order valence-corrected chi connectivity index (χ0v) is 13.5. The second-order valence-corrected chi connectivity index (χ2v) is 5.57. The summed E-state index contributed by atoms with van der Waals surface area (Å²) in [6.45, 7) is 2.18. The summed E-state index contributed by atoms with van der Waals surface area (Å²) in [6, 6.07) is 22.9. The first-order chi connectivity index (χ1) is 11.3. The maximum atomic E-state index is 5.27. The monoisotopic (exact) mass is 300 g/mol. The maximum Gasteiger partial charge on any atom is 0.119 e. The van der Waals surface area contributed by atoms with Gasteiger partial charge in [-0.25, -0.2) is 0 Å². The molecule has 0 heterocycles. The van der Waals surface area contributed by atoms with Gasteiger partial charge in [0.15, 0.2) is 0 Å². The molecule has 0 aromatic heterocycles. The van der Waals surface area contributed by atoms with E-state index in [1.807, 2.05) is 18.2 Å². The molecule has 0 amide bonds. The topological polar surface area (TPSA) is 9.23 Å². The third-order valence-electron chi connectivity index (χ3n) is 4.05. The lowest BCUT2D eigenvalue weighted by Gasteiger charge is -2.07. The smallest absolute Gasteiger partial charge is 0.119 e. The Balaban J connectivity index is 1.89. The van der Waals surface area contributed by atoms with Gasteiger partial charge in [0.2, 0.25) is 0 Å². The second kappa shape index (κ2) is 7.03. The van der Waals surface area contributed by atoms with Crippen molar-refractivity contribution in [3.63, 3.8) is 0 Å². The molecule has 3 aromatic rings. The number of methoxy groups -OCH3 is 1. The molecule has 0 saturated heterocycles. The zero-order chi connectivity index (χ0) is 16.1. The molecular weight excluding hydrogens is 280 g/mol. The van der Waals surface area contributed by atoms with Crippen molar-refractivity contribution >= 4 is 10.8 Å². The van der Waals surface area contributed by atoms with E-state index >= 15 is 0 Å². The highest BCUT2D eigenvalue weighted by Gasteiger charge is 2.04. The molecule has 0 N–H and O–H groups in total. The molecule has 23 heavy (non-hydrogen) atoms. The Labute approximate surface area is 137 Å². The van der Waals surface area contributed by atoms with Crippen molar-refractivity contribution in [2.75, 3.05) is 7.11 Å². The Bertz CT molecular complexity index is 853. The zero-order valence-electron chi connectivity index (χ0n) is 13.5. The number of hydrogen-bond donors (Lipinski definition) is 0. The Morgan fingerprint density at radius 1 is 0.913 bits per heavy atom. The minimum atomic E-state index is 0.280. The SMILES string of the molecule is CC[C@@H](C#Cc1ccc2cc(OC)ccc2c1)c1ccccc1. The van der Waals surface area contributed by atoms with Crippen LogP contribution in [0.15, 0.2) is 66.7 Å². The van der Waals surface area contributed by atoms with E-state index < -0.39 is 0 Å². The largest absolute Gasteiger partial charge is 0.497 e. The van der Waals surface area contributed by atoms with Crippen molar-refractivity contribution in [2.45, 2.75) is 19.3 Å². The molecule has 0 bridgehead atoms. The maximum absolute atomic E-state index is 5.27. The molecule has 0 fully saturated rings. The van der Waals surface area contributed by atoms with Gasteiger partial charge in [0.05, 0.1) is 7.11 Å². The quantitative estimate of drug-likeness (QED) is 0.589. The van der Waals surface area contributed by atoms with Crippen molar-refractivity contribution < 1.29 is 4.74 Å². The molecule has 1 heteroatoms. The number of ether oxygens (including phenoxy) is 1. The van der Waals surface area contributed by atoms with Crippen molar-refractivity contribution in [1.29, 1.82) is 0 Å². The van der Waals surface area contributed by atoms with Crippen LogP contribution >= 0.6 is 0 Å². The van der Waals surface area contributed by atoms with Crippen LogP contribution in [0, 0.1) is 11.8 Å². The van der Waals surface area contributed by atoms with E-state index in [-0.39, 0.29) is 5.92 Å². The minimum absolute atomic E-state index is 0.280. The van der Waals surface area contributed by atoms with Crippen LogP contribution in [0.1, 0.15) is 30.4 Å². The van der Waals surface area contributed by atoms with E-state index in [0.29, 0.717) is 0 Å².